The zero-order valence-electron chi connectivity index (χ0n) is 11.2. The van der Waals surface area contributed by atoms with Gasteiger partial charge < -0.3 is 18.9 Å². The van der Waals surface area contributed by atoms with E-state index in [-0.39, 0.29) is 30.4 Å². The molecule has 0 aliphatic heterocycles. The van der Waals surface area contributed by atoms with Crippen molar-refractivity contribution in [2.24, 2.45) is 0 Å². The fourth-order valence-corrected chi connectivity index (χ4v) is 1.32. The van der Waals surface area contributed by atoms with Gasteiger partial charge in [0.05, 0.1) is 18.6 Å². The number of hydrogen-bond donors (Lipinski definition) is 0. The van der Waals surface area contributed by atoms with E-state index in [4.69, 9.17) is 18.9 Å². The predicted octanol–water partition coefficient (Wildman–Crippen LogP) is 1.17. The molecule has 0 aliphatic carbocycles. The van der Waals surface area contributed by atoms with Gasteiger partial charge in [0.1, 0.15) is 12.4 Å². The number of hydrogen-bond acceptors (Lipinski definition) is 7. The number of benzene rings is 1. The number of rotatable bonds is 8. The largest absolute Gasteiger partial charge is 0.490 e. The Morgan fingerprint density at radius 3 is 2.65 bits per heavy atom. The maximum atomic E-state index is 11.3. The Kier molecular flexibility index (Phi) is 6.24. The molecule has 0 spiro atoms. The molecule has 0 radical (unpaired) electrons. The molecule has 8 nitrogen and oxygen atoms in total. The fourth-order valence-electron chi connectivity index (χ4n) is 1.32. The van der Waals surface area contributed by atoms with Gasteiger partial charge in [0.15, 0.2) is 6.61 Å². The first-order chi connectivity index (χ1) is 9.58. The number of carbonyl (C=O) groups is 1. The predicted molar refractivity (Wildman–Crippen MR) is 68.0 cm³/mol. The Hall–Kier alpha value is -2.35. The number of carbonyl (C=O) groups excluding carboxylic acids is 1. The van der Waals surface area contributed by atoms with Crippen LogP contribution < -0.4 is 9.47 Å². The highest BCUT2D eigenvalue weighted by atomic mass is 16.6. The Morgan fingerprint density at radius 1 is 1.30 bits per heavy atom. The zero-order chi connectivity index (χ0) is 15.0. The summed E-state index contributed by atoms with van der Waals surface area (Å²) in [5.41, 5.74) is -0.178. The number of nitro benzene ring substituents is 1. The van der Waals surface area contributed by atoms with Gasteiger partial charge in [-0.1, -0.05) is 0 Å². The molecule has 0 bridgehead atoms. The Balaban J connectivity index is 2.56. The Labute approximate surface area is 115 Å². The Bertz CT molecular complexity index is 475. The van der Waals surface area contributed by atoms with Crippen LogP contribution in [0.4, 0.5) is 5.69 Å². The van der Waals surface area contributed by atoms with Crippen LogP contribution in [0.1, 0.15) is 0 Å². The molecule has 8 heteroatoms. The van der Waals surface area contributed by atoms with Crippen LogP contribution in [0.2, 0.25) is 0 Å². The third-order valence-corrected chi connectivity index (χ3v) is 2.26. The third-order valence-electron chi connectivity index (χ3n) is 2.26. The molecule has 0 N–H and O–H groups in total. The average molecular weight is 285 g/mol. The number of methoxy groups -OCH3 is 2. The van der Waals surface area contributed by atoms with Gasteiger partial charge in [0, 0.05) is 19.2 Å². The standard InChI is InChI=1S/C12H15NO7/c1-17-5-6-19-12(14)8-20-9-3-4-10(13(15)16)11(7-9)18-2/h3-4,7H,5-6,8H2,1-2H3. The van der Waals surface area contributed by atoms with E-state index in [9.17, 15) is 14.9 Å². The van der Waals surface area contributed by atoms with Crippen LogP contribution in [0, 0.1) is 10.1 Å². The van der Waals surface area contributed by atoms with Crippen molar-refractivity contribution in [3.63, 3.8) is 0 Å². The third kappa shape index (κ3) is 4.73. The quantitative estimate of drug-likeness (QED) is 0.306. The number of ether oxygens (including phenoxy) is 4. The Morgan fingerprint density at radius 2 is 2.05 bits per heavy atom. The molecule has 1 aromatic carbocycles. The summed E-state index contributed by atoms with van der Waals surface area (Å²) in [5, 5.41) is 10.7. The number of esters is 1. The monoisotopic (exact) mass is 285 g/mol. The lowest BCUT2D eigenvalue weighted by Crippen LogP contribution is -2.17. The van der Waals surface area contributed by atoms with Crippen molar-refractivity contribution in [1.29, 1.82) is 0 Å². The first kappa shape index (κ1) is 15.7. The van der Waals surface area contributed by atoms with Crippen LogP contribution >= 0.6 is 0 Å². The smallest absolute Gasteiger partial charge is 0.344 e. The second kappa shape index (κ2) is 7.95. The summed E-state index contributed by atoms with van der Waals surface area (Å²) in [5.74, 6) is -0.226. The molecule has 0 heterocycles. The highest BCUT2D eigenvalue weighted by molar-refractivity contribution is 5.71. The summed E-state index contributed by atoms with van der Waals surface area (Å²) in [6, 6.07) is 3.95. The lowest BCUT2D eigenvalue weighted by molar-refractivity contribution is -0.385. The lowest BCUT2D eigenvalue weighted by atomic mass is 10.3. The topological polar surface area (TPSA) is 97.1 Å². The van der Waals surface area contributed by atoms with Crippen LogP contribution in [0.15, 0.2) is 18.2 Å². The minimum atomic E-state index is -0.568. The van der Waals surface area contributed by atoms with Crippen LogP contribution in [-0.2, 0) is 14.3 Å². The molecule has 1 rings (SSSR count). The maximum Gasteiger partial charge on any atom is 0.344 e. The van der Waals surface area contributed by atoms with Crippen LogP contribution in [-0.4, -0.2) is 44.9 Å². The molecular formula is C12H15NO7. The molecule has 20 heavy (non-hydrogen) atoms. The highest BCUT2D eigenvalue weighted by Crippen LogP contribution is 2.30. The summed E-state index contributed by atoms with van der Waals surface area (Å²) >= 11 is 0. The van der Waals surface area contributed by atoms with Gasteiger partial charge >= 0.3 is 11.7 Å². The summed E-state index contributed by atoms with van der Waals surface area (Å²) in [6.07, 6.45) is 0. The molecule has 0 amide bonds. The van der Waals surface area contributed by atoms with Gasteiger partial charge in [-0.3, -0.25) is 10.1 Å². The van der Waals surface area contributed by atoms with Crippen LogP contribution in [0.3, 0.4) is 0 Å². The maximum absolute atomic E-state index is 11.3. The van der Waals surface area contributed by atoms with Crippen molar-refractivity contribution in [1.82, 2.24) is 0 Å². The van der Waals surface area contributed by atoms with Crippen molar-refractivity contribution in [2.75, 3.05) is 34.0 Å². The SMILES string of the molecule is COCCOC(=O)COc1ccc([N+](=O)[O-])c(OC)c1. The molecular weight excluding hydrogens is 270 g/mol. The van der Waals surface area contributed by atoms with Crippen LogP contribution in [0.25, 0.3) is 0 Å². The van der Waals surface area contributed by atoms with Gasteiger partial charge in [0.2, 0.25) is 5.75 Å². The normalized spacial score (nSPS) is 9.90. The van der Waals surface area contributed by atoms with Gasteiger partial charge in [-0.15, -0.1) is 0 Å². The van der Waals surface area contributed by atoms with Crippen molar-refractivity contribution in [2.45, 2.75) is 0 Å². The fraction of sp³-hybridized carbons (Fsp3) is 0.417. The van der Waals surface area contributed by atoms with E-state index >= 15 is 0 Å². The van der Waals surface area contributed by atoms with E-state index in [2.05, 4.69) is 0 Å². The number of nitrogens with zero attached hydrogens (tertiary/aromatic N) is 1. The number of nitro groups is 1. The summed E-state index contributed by atoms with van der Waals surface area (Å²) < 4.78 is 19.6. The molecule has 0 atom stereocenters. The van der Waals surface area contributed by atoms with E-state index in [1.807, 2.05) is 0 Å². The van der Waals surface area contributed by atoms with Crippen molar-refractivity contribution in [3.05, 3.63) is 28.3 Å². The van der Waals surface area contributed by atoms with Crippen LogP contribution in [0.5, 0.6) is 11.5 Å². The second-order valence-electron chi connectivity index (χ2n) is 3.59. The first-order valence-corrected chi connectivity index (χ1v) is 5.68. The minimum absolute atomic E-state index is 0.0558. The lowest BCUT2D eigenvalue weighted by Gasteiger charge is -2.08. The zero-order valence-corrected chi connectivity index (χ0v) is 11.2. The van der Waals surface area contributed by atoms with Gasteiger partial charge in [-0.05, 0) is 6.07 Å². The average Bonchev–Trinajstić information content (AvgIpc) is 2.44. The highest BCUT2D eigenvalue weighted by Gasteiger charge is 2.15. The first-order valence-electron chi connectivity index (χ1n) is 5.68. The van der Waals surface area contributed by atoms with Gasteiger partial charge in [0.25, 0.3) is 0 Å². The van der Waals surface area contributed by atoms with E-state index in [1.165, 1.54) is 32.4 Å². The van der Waals surface area contributed by atoms with Gasteiger partial charge in [-0.2, -0.15) is 0 Å². The van der Waals surface area contributed by atoms with E-state index in [1.54, 1.807) is 0 Å². The van der Waals surface area contributed by atoms with Crippen molar-refractivity contribution < 1.29 is 28.7 Å². The van der Waals surface area contributed by atoms with E-state index in [0.717, 1.165) is 0 Å². The summed E-state index contributed by atoms with van der Waals surface area (Å²) in [7, 11) is 2.80. The molecule has 0 saturated heterocycles. The molecule has 110 valence electrons. The van der Waals surface area contributed by atoms with Crippen molar-refractivity contribution >= 4 is 11.7 Å². The minimum Gasteiger partial charge on any atom is -0.490 e. The molecule has 0 fully saturated rings. The molecule has 0 aliphatic rings. The van der Waals surface area contributed by atoms with E-state index in [0.29, 0.717) is 6.61 Å². The molecule has 1 aromatic rings. The summed E-state index contributed by atoms with van der Waals surface area (Å²) in [4.78, 5) is 21.4. The summed E-state index contributed by atoms with van der Waals surface area (Å²) in [6.45, 7) is 0.143. The molecule has 0 saturated carbocycles. The van der Waals surface area contributed by atoms with E-state index < -0.39 is 10.9 Å². The van der Waals surface area contributed by atoms with Crippen molar-refractivity contribution in [3.8, 4) is 11.5 Å². The molecule has 0 unspecified atom stereocenters. The molecule has 0 aromatic heterocycles. The second-order valence-corrected chi connectivity index (χ2v) is 3.59. The van der Waals surface area contributed by atoms with Gasteiger partial charge in [-0.25, -0.2) is 4.79 Å².